The SMILES string of the molecule is O=C(NCc1ccc2c(c1)OCO2)c1cnc(NCc2ccccc2F)cn1. The molecule has 1 amide bonds. The molecule has 2 N–H and O–H groups in total. The number of hydrogen-bond acceptors (Lipinski definition) is 6. The summed E-state index contributed by atoms with van der Waals surface area (Å²) in [5.74, 6) is 1.18. The van der Waals surface area contributed by atoms with Gasteiger partial charge in [-0.1, -0.05) is 24.3 Å². The van der Waals surface area contributed by atoms with Crippen LogP contribution in [0.1, 0.15) is 21.6 Å². The van der Waals surface area contributed by atoms with Crippen molar-refractivity contribution >= 4 is 11.7 Å². The Balaban J connectivity index is 1.32. The van der Waals surface area contributed by atoms with Crippen LogP contribution < -0.4 is 20.1 Å². The van der Waals surface area contributed by atoms with Gasteiger partial charge in [-0.15, -0.1) is 0 Å². The van der Waals surface area contributed by atoms with Crippen LogP contribution in [0.5, 0.6) is 11.5 Å². The molecule has 142 valence electrons. The van der Waals surface area contributed by atoms with E-state index in [1.54, 1.807) is 24.3 Å². The van der Waals surface area contributed by atoms with E-state index in [0.29, 0.717) is 29.4 Å². The molecule has 0 atom stereocenters. The maximum absolute atomic E-state index is 13.6. The van der Waals surface area contributed by atoms with Gasteiger partial charge in [0, 0.05) is 18.7 Å². The van der Waals surface area contributed by atoms with Crippen LogP contribution >= 0.6 is 0 Å². The molecule has 28 heavy (non-hydrogen) atoms. The first-order chi connectivity index (χ1) is 13.7. The lowest BCUT2D eigenvalue weighted by Gasteiger charge is -2.08. The third-order valence-electron chi connectivity index (χ3n) is 4.19. The van der Waals surface area contributed by atoms with Gasteiger partial charge in [0.25, 0.3) is 5.91 Å². The molecule has 1 aliphatic rings. The molecule has 8 heteroatoms. The molecule has 0 unspecified atom stereocenters. The van der Waals surface area contributed by atoms with Crippen LogP contribution in [0.4, 0.5) is 10.2 Å². The van der Waals surface area contributed by atoms with E-state index in [9.17, 15) is 9.18 Å². The van der Waals surface area contributed by atoms with Crippen LogP contribution in [-0.2, 0) is 13.1 Å². The van der Waals surface area contributed by atoms with E-state index in [1.165, 1.54) is 18.5 Å². The summed E-state index contributed by atoms with van der Waals surface area (Å²) in [5, 5.41) is 5.76. The fourth-order valence-corrected chi connectivity index (χ4v) is 2.69. The van der Waals surface area contributed by atoms with Crippen molar-refractivity contribution in [2.45, 2.75) is 13.1 Å². The molecule has 0 aliphatic carbocycles. The highest BCUT2D eigenvalue weighted by Gasteiger charge is 2.14. The van der Waals surface area contributed by atoms with Gasteiger partial charge in [-0.2, -0.15) is 0 Å². The van der Waals surface area contributed by atoms with E-state index < -0.39 is 0 Å². The van der Waals surface area contributed by atoms with Gasteiger partial charge in [-0.25, -0.2) is 14.4 Å². The number of rotatable bonds is 6. The van der Waals surface area contributed by atoms with Gasteiger partial charge in [-0.05, 0) is 23.8 Å². The van der Waals surface area contributed by atoms with Crippen LogP contribution in [0.15, 0.2) is 54.9 Å². The van der Waals surface area contributed by atoms with Crippen molar-refractivity contribution in [3.05, 3.63) is 77.5 Å². The average molecular weight is 380 g/mol. The van der Waals surface area contributed by atoms with Crippen molar-refractivity contribution in [3.63, 3.8) is 0 Å². The van der Waals surface area contributed by atoms with E-state index in [1.807, 2.05) is 12.1 Å². The molecule has 0 saturated carbocycles. The second kappa shape index (κ2) is 7.91. The number of carbonyl (C=O) groups is 1. The predicted octanol–water partition coefficient (Wildman–Crippen LogP) is 2.89. The van der Waals surface area contributed by atoms with E-state index in [-0.39, 0.29) is 30.8 Å². The molecular weight excluding hydrogens is 363 g/mol. The van der Waals surface area contributed by atoms with Crippen molar-refractivity contribution in [1.29, 1.82) is 0 Å². The summed E-state index contributed by atoms with van der Waals surface area (Å²) in [6, 6.07) is 12.0. The quantitative estimate of drug-likeness (QED) is 0.684. The number of nitrogens with one attached hydrogen (secondary N) is 2. The first-order valence-electron chi connectivity index (χ1n) is 8.65. The largest absolute Gasteiger partial charge is 0.454 e. The van der Waals surface area contributed by atoms with Gasteiger partial charge in [-0.3, -0.25) is 4.79 Å². The predicted molar refractivity (Wildman–Crippen MR) is 99.5 cm³/mol. The number of benzene rings is 2. The minimum absolute atomic E-state index is 0.192. The zero-order chi connectivity index (χ0) is 19.3. The van der Waals surface area contributed by atoms with Gasteiger partial charge in [0.2, 0.25) is 6.79 Å². The Kier molecular flexibility index (Phi) is 5.01. The average Bonchev–Trinajstić information content (AvgIpc) is 3.20. The summed E-state index contributed by atoms with van der Waals surface area (Å²) in [6.07, 6.45) is 2.81. The molecule has 7 nitrogen and oxygen atoms in total. The molecule has 2 aromatic carbocycles. The van der Waals surface area contributed by atoms with Crippen LogP contribution in [-0.4, -0.2) is 22.7 Å². The van der Waals surface area contributed by atoms with Gasteiger partial charge in [0.15, 0.2) is 11.5 Å². The van der Waals surface area contributed by atoms with Gasteiger partial charge in [0.1, 0.15) is 17.3 Å². The number of hydrogen-bond donors (Lipinski definition) is 2. The Hall–Kier alpha value is -3.68. The highest BCUT2D eigenvalue weighted by atomic mass is 19.1. The van der Waals surface area contributed by atoms with Crippen molar-refractivity contribution < 1.29 is 18.7 Å². The summed E-state index contributed by atoms with van der Waals surface area (Å²) >= 11 is 0. The number of carbonyl (C=O) groups excluding carboxylic acids is 1. The van der Waals surface area contributed by atoms with Crippen molar-refractivity contribution in [2.24, 2.45) is 0 Å². The molecule has 0 fully saturated rings. The summed E-state index contributed by atoms with van der Waals surface area (Å²) in [5.41, 5.74) is 1.60. The lowest BCUT2D eigenvalue weighted by Crippen LogP contribution is -2.24. The van der Waals surface area contributed by atoms with Crippen LogP contribution in [0.25, 0.3) is 0 Å². The number of ether oxygens (including phenoxy) is 2. The van der Waals surface area contributed by atoms with Crippen molar-refractivity contribution in [1.82, 2.24) is 15.3 Å². The summed E-state index contributed by atoms with van der Waals surface area (Å²) in [6.45, 7) is 0.805. The Morgan fingerprint density at radius 2 is 1.89 bits per heavy atom. The maximum atomic E-state index is 13.6. The molecule has 1 aliphatic heterocycles. The zero-order valence-electron chi connectivity index (χ0n) is 14.8. The fourth-order valence-electron chi connectivity index (χ4n) is 2.69. The molecule has 0 bridgehead atoms. The number of aromatic nitrogens is 2. The number of fused-ring (bicyclic) bond motifs is 1. The van der Waals surface area contributed by atoms with E-state index >= 15 is 0 Å². The summed E-state index contributed by atoms with van der Waals surface area (Å²) < 4.78 is 24.2. The van der Waals surface area contributed by atoms with Crippen LogP contribution in [0, 0.1) is 5.82 Å². The second-order valence-corrected chi connectivity index (χ2v) is 6.10. The number of nitrogens with zero attached hydrogens (tertiary/aromatic N) is 2. The minimum Gasteiger partial charge on any atom is -0.454 e. The standard InChI is InChI=1S/C20H17FN4O3/c21-15-4-2-1-3-14(15)9-23-19-11-22-16(10-24-19)20(26)25-8-13-5-6-17-18(7-13)28-12-27-17/h1-7,10-11H,8-9,12H2,(H,23,24)(H,25,26). The summed E-state index contributed by atoms with van der Waals surface area (Å²) in [7, 11) is 0. The van der Waals surface area contributed by atoms with E-state index in [4.69, 9.17) is 9.47 Å². The van der Waals surface area contributed by atoms with Gasteiger partial charge in [0.05, 0.1) is 12.4 Å². The second-order valence-electron chi connectivity index (χ2n) is 6.10. The molecule has 0 spiro atoms. The fraction of sp³-hybridized carbons (Fsp3) is 0.150. The Morgan fingerprint density at radius 1 is 1.04 bits per heavy atom. The van der Waals surface area contributed by atoms with Gasteiger partial charge >= 0.3 is 0 Å². The first kappa shape index (κ1) is 17.7. The first-order valence-corrected chi connectivity index (χ1v) is 8.65. The Bertz CT molecular complexity index is 995. The van der Waals surface area contributed by atoms with Gasteiger partial charge < -0.3 is 20.1 Å². The summed E-state index contributed by atoms with van der Waals surface area (Å²) in [4.78, 5) is 20.5. The lowest BCUT2D eigenvalue weighted by atomic mass is 10.2. The third kappa shape index (κ3) is 4.01. The molecule has 2 heterocycles. The highest BCUT2D eigenvalue weighted by molar-refractivity contribution is 5.91. The highest BCUT2D eigenvalue weighted by Crippen LogP contribution is 2.32. The van der Waals surface area contributed by atoms with Crippen molar-refractivity contribution in [3.8, 4) is 11.5 Å². The molecule has 0 radical (unpaired) electrons. The van der Waals surface area contributed by atoms with E-state index in [2.05, 4.69) is 20.6 Å². The zero-order valence-corrected chi connectivity index (χ0v) is 14.8. The monoisotopic (exact) mass is 380 g/mol. The minimum atomic E-state index is -0.342. The number of anilines is 1. The smallest absolute Gasteiger partial charge is 0.271 e. The molecule has 0 saturated heterocycles. The van der Waals surface area contributed by atoms with Crippen LogP contribution in [0.3, 0.4) is 0 Å². The molecule has 1 aromatic heterocycles. The number of amides is 1. The maximum Gasteiger partial charge on any atom is 0.271 e. The molecule has 4 rings (SSSR count). The molecule has 3 aromatic rings. The Labute approximate surface area is 160 Å². The van der Waals surface area contributed by atoms with Crippen molar-refractivity contribution in [2.75, 3.05) is 12.1 Å². The third-order valence-corrected chi connectivity index (χ3v) is 4.19. The normalized spacial score (nSPS) is 11.9. The van der Waals surface area contributed by atoms with E-state index in [0.717, 1.165) is 5.56 Å². The topological polar surface area (TPSA) is 85.4 Å². The molecular formula is C20H17FN4O3. The number of halogens is 1. The Morgan fingerprint density at radius 3 is 2.71 bits per heavy atom. The lowest BCUT2D eigenvalue weighted by molar-refractivity contribution is 0.0945. The van der Waals surface area contributed by atoms with Crippen LogP contribution in [0.2, 0.25) is 0 Å².